The van der Waals surface area contributed by atoms with Crippen LogP contribution in [0.2, 0.25) is 0 Å². The highest BCUT2D eigenvalue weighted by atomic mass is 16.5. The number of benzene rings is 1. The highest BCUT2D eigenvalue weighted by Crippen LogP contribution is 2.33. The largest absolute Gasteiger partial charge is 0.495 e. The van der Waals surface area contributed by atoms with Gasteiger partial charge >= 0.3 is 0 Å². The maximum atomic E-state index is 10.7. The third-order valence-corrected chi connectivity index (χ3v) is 2.86. The molecule has 1 atom stereocenters. The standard InChI is InChI=1S/C14H15NO3/c1-18-12-8-5-9-15-13(12)14(17,10-16)11-6-3-2-4-7-11/h2-9,16-17H,10H2,1H3. The molecule has 1 aromatic carbocycles. The molecule has 4 heteroatoms. The molecule has 0 aliphatic carbocycles. The smallest absolute Gasteiger partial charge is 0.158 e. The van der Waals surface area contributed by atoms with E-state index in [1.165, 1.54) is 7.11 Å². The van der Waals surface area contributed by atoms with Crippen LogP contribution < -0.4 is 4.74 Å². The van der Waals surface area contributed by atoms with E-state index < -0.39 is 12.2 Å². The van der Waals surface area contributed by atoms with Crippen LogP contribution in [0.5, 0.6) is 5.75 Å². The van der Waals surface area contributed by atoms with E-state index in [-0.39, 0.29) is 0 Å². The third kappa shape index (κ3) is 2.08. The zero-order valence-corrected chi connectivity index (χ0v) is 10.1. The van der Waals surface area contributed by atoms with Gasteiger partial charge in [0.15, 0.2) is 5.60 Å². The number of aliphatic hydroxyl groups excluding tert-OH is 1. The number of hydrogen-bond acceptors (Lipinski definition) is 4. The van der Waals surface area contributed by atoms with Crippen LogP contribution in [0.25, 0.3) is 0 Å². The maximum absolute atomic E-state index is 10.7. The topological polar surface area (TPSA) is 62.6 Å². The molecule has 1 aromatic heterocycles. The third-order valence-electron chi connectivity index (χ3n) is 2.86. The zero-order chi connectivity index (χ0) is 13.0. The molecule has 0 radical (unpaired) electrons. The second-order valence-corrected chi connectivity index (χ2v) is 3.94. The lowest BCUT2D eigenvalue weighted by molar-refractivity contribution is 0.0117. The lowest BCUT2D eigenvalue weighted by Gasteiger charge is -2.27. The first-order valence-corrected chi connectivity index (χ1v) is 5.60. The van der Waals surface area contributed by atoms with Crippen molar-refractivity contribution < 1.29 is 14.9 Å². The minimum Gasteiger partial charge on any atom is -0.495 e. The molecule has 2 aromatic rings. The monoisotopic (exact) mass is 245 g/mol. The molecule has 2 N–H and O–H groups in total. The van der Waals surface area contributed by atoms with Crippen molar-refractivity contribution in [1.29, 1.82) is 0 Å². The minimum atomic E-state index is -1.56. The van der Waals surface area contributed by atoms with Gasteiger partial charge in [0.25, 0.3) is 0 Å². The zero-order valence-electron chi connectivity index (χ0n) is 10.1. The van der Waals surface area contributed by atoms with Crippen LogP contribution in [0, 0.1) is 0 Å². The molecule has 0 aliphatic rings. The van der Waals surface area contributed by atoms with Crippen molar-refractivity contribution >= 4 is 0 Å². The fourth-order valence-electron chi connectivity index (χ4n) is 1.88. The number of aromatic nitrogens is 1. The van der Waals surface area contributed by atoms with E-state index >= 15 is 0 Å². The van der Waals surface area contributed by atoms with Crippen molar-refractivity contribution in [2.24, 2.45) is 0 Å². The molecule has 2 rings (SSSR count). The van der Waals surface area contributed by atoms with Crippen molar-refractivity contribution in [2.75, 3.05) is 13.7 Å². The Labute approximate surface area is 106 Å². The van der Waals surface area contributed by atoms with Crippen LogP contribution in [0.1, 0.15) is 11.3 Å². The second-order valence-electron chi connectivity index (χ2n) is 3.94. The summed E-state index contributed by atoms with van der Waals surface area (Å²) in [5.41, 5.74) is -0.681. The molecule has 1 unspecified atom stereocenters. The Balaban J connectivity index is 2.57. The van der Waals surface area contributed by atoms with Crippen molar-refractivity contribution in [3.8, 4) is 5.75 Å². The van der Waals surface area contributed by atoms with Gasteiger partial charge in [-0.1, -0.05) is 30.3 Å². The molecule has 94 valence electrons. The summed E-state index contributed by atoms with van der Waals surface area (Å²) in [4.78, 5) is 4.13. The summed E-state index contributed by atoms with van der Waals surface area (Å²) < 4.78 is 5.18. The van der Waals surface area contributed by atoms with Crippen LogP contribution in [-0.2, 0) is 5.60 Å². The van der Waals surface area contributed by atoms with Gasteiger partial charge in [0, 0.05) is 6.20 Å². The molecule has 0 bridgehead atoms. The minimum absolute atomic E-state index is 0.307. The van der Waals surface area contributed by atoms with Crippen molar-refractivity contribution in [1.82, 2.24) is 4.98 Å². The van der Waals surface area contributed by atoms with Gasteiger partial charge in [-0.3, -0.25) is 4.98 Å². The molecule has 4 nitrogen and oxygen atoms in total. The summed E-state index contributed by atoms with van der Waals surface area (Å²) >= 11 is 0. The van der Waals surface area contributed by atoms with Crippen molar-refractivity contribution in [2.45, 2.75) is 5.60 Å². The molecule has 0 amide bonds. The first-order chi connectivity index (χ1) is 8.72. The van der Waals surface area contributed by atoms with Crippen LogP contribution in [0.3, 0.4) is 0 Å². The molecule has 0 saturated carbocycles. The molecular formula is C14H15NO3. The van der Waals surface area contributed by atoms with Crippen molar-refractivity contribution in [3.63, 3.8) is 0 Å². The summed E-state index contributed by atoms with van der Waals surface area (Å²) in [7, 11) is 1.50. The predicted molar refractivity (Wildman–Crippen MR) is 67.3 cm³/mol. The number of hydrogen-bond donors (Lipinski definition) is 2. The number of nitrogens with zero attached hydrogens (tertiary/aromatic N) is 1. The highest BCUT2D eigenvalue weighted by Gasteiger charge is 2.35. The summed E-state index contributed by atoms with van der Waals surface area (Å²) in [6.07, 6.45) is 1.56. The Morgan fingerprint density at radius 1 is 1.17 bits per heavy atom. The van der Waals surface area contributed by atoms with Crippen LogP contribution in [0.4, 0.5) is 0 Å². The molecule has 0 saturated heterocycles. The fraction of sp³-hybridized carbons (Fsp3) is 0.214. The van der Waals surface area contributed by atoms with Gasteiger partial charge in [0.2, 0.25) is 0 Å². The molecule has 0 spiro atoms. The van der Waals surface area contributed by atoms with Gasteiger partial charge in [-0.05, 0) is 17.7 Å². The first kappa shape index (κ1) is 12.5. The Kier molecular flexibility index (Phi) is 3.60. The Bertz CT molecular complexity index is 515. The van der Waals surface area contributed by atoms with Crippen LogP contribution in [-0.4, -0.2) is 28.9 Å². The van der Waals surface area contributed by atoms with Gasteiger partial charge in [-0.25, -0.2) is 0 Å². The first-order valence-electron chi connectivity index (χ1n) is 5.60. The number of methoxy groups -OCH3 is 1. The molecule has 0 aliphatic heterocycles. The molecule has 1 heterocycles. The van der Waals surface area contributed by atoms with Crippen LogP contribution >= 0.6 is 0 Å². The van der Waals surface area contributed by atoms with Gasteiger partial charge in [0.05, 0.1) is 13.7 Å². The molecule has 18 heavy (non-hydrogen) atoms. The summed E-state index contributed by atoms with van der Waals surface area (Å²) in [6.45, 7) is -0.468. The normalized spacial score (nSPS) is 13.9. The second kappa shape index (κ2) is 5.16. The number of aliphatic hydroxyl groups is 2. The van der Waals surface area contributed by atoms with E-state index in [4.69, 9.17) is 4.74 Å². The number of pyridine rings is 1. The van der Waals surface area contributed by atoms with E-state index in [0.29, 0.717) is 17.0 Å². The highest BCUT2D eigenvalue weighted by molar-refractivity contribution is 5.40. The molecule has 0 fully saturated rings. The van der Waals surface area contributed by atoms with Gasteiger partial charge in [-0.15, -0.1) is 0 Å². The molecular weight excluding hydrogens is 230 g/mol. The maximum Gasteiger partial charge on any atom is 0.158 e. The predicted octanol–water partition coefficient (Wildman–Crippen LogP) is 1.32. The summed E-state index contributed by atoms with van der Waals surface area (Å²) in [5.74, 6) is 0.443. The summed E-state index contributed by atoms with van der Waals surface area (Å²) in [5, 5.41) is 20.2. The average Bonchev–Trinajstić information content (AvgIpc) is 2.47. The summed E-state index contributed by atoms with van der Waals surface area (Å²) in [6, 6.07) is 12.3. The Hall–Kier alpha value is -1.91. The quantitative estimate of drug-likeness (QED) is 0.852. The Morgan fingerprint density at radius 3 is 2.50 bits per heavy atom. The van der Waals surface area contributed by atoms with E-state index in [9.17, 15) is 10.2 Å². The lowest BCUT2D eigenvalue weighted by Crippen LogP contribution is -2.33. The van der Waals surface area contributed by atoms with Gasteiger partial charge in [-0.2, -0.15) is 0 Å². The van der Waals surface area contributed by atoms with E-state index in [0.717, 1.165) is 0 Å². The van der Waals surface area contributed by atoms with E-state index in [2.05, 4.69) is 4.98 Å². The average molecular weight is 245 g/mol. The van der Waals surface area contributed by atoms with Crippen molar-refractivity contribution in [3.05, 3.63) is 59.9 Å². The van der Waals surface area contributed by atoms with Gasteiger partial charge < -0.3 is 14.9 Å². The van der Waals surface area contributed by atoms with E-state index in [1.807, 2.05) is 6.07 Å². The number of ether oxygens (including phenoxy) is 1. The fourth-order valence-corrected chi connectivity index (χ4v) is 1.88. The number of rotatable bonds is 4. The van der Waals surface area contributed by atoms with Gasteiger partial charge in [0.1, 0.15) is 11.4 Å². The Morgan fingerprint density at radius 2 is 1.89 bits per heavy atom. The lowest BCUT2D eigenvalue weighted by atomic mass is 9.90. The van der Waals surface area contributed by atoms with E-state index in [1.54, 1.807) is 42.6 Å². The van der Waals surface area contributed by atoms with Crippen LogP contribution in [0.15, 0.2) is 48.7 Å². The SMILES string of the molecule is COc1cccnc1C(O)(CO)c1ccccc1.